The Kier molecular flexibility index (Phi) is 8.72. The molecule has 206 valence electrons. The lowest BCUT2D eigenvalue weighted by Gasteiger charge is -2.41. The Balaban J connectivity index is 2.59. The maximum Gasteiger partial charge on any atom is 0.423 e. The first kappa shape index (κ1) is 30.1. The molecule has 1 saturated heterocycles. The highest BCUT2D eigenvalue weighted by atomic mass is 16.7. The zero-order valence-corrected chi connectivity index (χ0v) is 23.3. The minimum atomic E-state index is -2.81. The van der Waals surface area contributed by atoms with Crippen LogP contribution in [0, 0.1) is 0 Å². The second kappa shape index (κ2) is 10.7. The van der Waals surface area contributed by atoms with Crippen molar-refractivity contribution in [3.05, 3.63) is 42.5 Å². The second-order valence-corrected chi connectivity index (χ2v) is 11.8. The van der Waals surface area contributed by atoms with Gasteiger partial charge in [-0.05, 0) is 80.0 Å². The minimum absolute atomic E-state index is 0.0467. The monoisotopic (exact) mass is 520 g/mol. The van der Waals surface area contributed by atoms with Crippen LogP contribution < -0.4 is 4.74 Å². The Morgan fingerprint density at radius 2 is 1.46 bits per heavy atom. The van der Waals surface area contributed by atoms with E-state index < -0.39 is 47.0 Å². The standard InChI is InChI=1S/C27H40N2O8/c1-11-16-34-19-14-12-18(13-15-19)17-20-21(30)29(23(32)36-25(5,6)7)27(33,37-26(8,9)10)28(20)22(31)35-24(2,3)4/h11-15,20,33H,1,16-17H2,2-10H3/t20-,27?/m0/s1. The van der Waals surface area contributed by atoms with Crippen LogP contribution in [0.1, 0.15) is 67.9 Å². The third-order valence-corrected chi connectivity index (χ3v) is 4.75. The van der Waals surface area contributed by atoms with Crippen LogP contribution in [0.2, 0.25) is 0 Å². The van der Waals surface area contributed by atoms with Crippen molar-refractivity contribution in [3.63, 3.8) is 0 Å². The molecule has 2 rings (SSSR count). The van der Waals surface area contributed by atoms with Gasteiger partial charge in [0.2, 0.25) is 0 Å². The molecule has 1 N–H and O–H groups in total. The summed E-state index contributed by atoms with van der Waals surface area (Å²) in [5.41, 5.74) is -2.40. The number of hydrogen-bond acceptors (Lipinski definition) is 8. The van der Waals surface area contributed by atoms with Gasteiger partial charge in [-0.15, -0.1) is 0 Å². The molecule has 1 unspecified atom stereocenters. The molecular formula is C27H40N2O8. The summed E-state index contributed by atoms with van der Waals surface area (Å²) >= 11 is 0. The van der Waals surface area contributed by atoms with E-state index in [1.54, 1.807) is 92.7 Å². The summed E-state index contributed by atoms with van der Waals surface area (Å²) < 4.78 is 22.3. The van der Waals surface area contributed by atoms with Crippen LogP contribution in [0.3, 0.4) is 0 Å². The molecule has 2 atom stereocenters. The molecule has 3 amide bonds. The summed E-state index contributed by atoms with van der Waals surface area (Å²) in [6.07, 6.45) is -0.622. The summed E-state index contributed by atoms with van der Waals surface area (Å²) in [5, 5.41) is 11.8. The summed E-state index contributed by atoms with van der Waals surface area (Å²) in [7, 11) is 0. The lowest BCUT2D eigenvalue weighted by Crippen LogP contribution is -2.63. The number of nitrogens with zero attached hydrogens (tertiary/aromatic N) is 2. The van der Waals surface area contributed by atoms with Crippen molar-refractivity contribution >= 4 is 18.1 Å². The lowest BCUT2D eigenvalue weighted by atomic mass is 10.0. The fraction of sp³-hybridized carbons (Fsp3) is 0.593. The van der Waals surface area contributed by atoms with Gasteiger partial charge in [0.25, 0.3) is 5.91 Å². The highest BCUT2D eigenvalue weighted by Gasteiger charge is 2.65. The van der Waals surface area contributed by atoms with E-state index in [0.717, 1.165) is 4.90 Å². The smallest absolute Gasteiger partial charge is 0.423 e. The number of aliphatic hydroxyl groups is 1. The SMILES string of the molecule is C=CCOc1ccc(C[C@H]2C(=O)N(C(=O)OC(C)(C)C)C(O)(OC(C)(C)C)N2C(=O)OC(C)(C)C)cc1. The molecule has 1 aliphatic heterocycles. The van der Waals surface area contributed by atoms with E-state index in [9.17, 15) is 19.5 Å². The fourth-order valence-electron chi connectivity index (χ4n) is 3.57. The topological polar surface area (TPSA) is 115 Å². The van der Waals surface area contributed by atoms with Crippen LogP contribution in [-0.4, -0.2) is 68.5 Å². The highest BCUT2D eigenvalue weighted by Crippen LogP contribution is 2.38. The largest absolute Gasteiger partial charge is 0.490 e. The Morgan fingerprint density at radius 3 is 1.92 bits per heavy atom. The third kappa shape index (κ3) is 7.93. The fourth-order valence-corrected chi connectivity index (χ4v) is 3.57. The summed E-state index contributed by atoms with van der Waals surface area (Å²) in [4.78, 5) is 41.6. The predicted molar refractivity (Wildman–Crippen MR) is 137 cm³/mol. The van der Waals surface area contributed by atoms with E-state index in [1.807, 2.05) is 0 Å². The van der Waals surface area contributed by atoms with Crippen LogP contribution in [-0.2, 0) is 25.4 Å². The number of carbonyl (C=O) groups excluding carboxylic acids is 3. The second-order valence-electron chi connectivity index (χ2n) is 11.8. The first-order valence-electron chi connectivity index (χ1n) is 12.1. The Labute approximate surface area is 219 Å². The maximum atomic E-state index is 13.7. The van der Waals surface area contributed by atoms with Crippen molar-refractivity contribution in [3.8, 4) is 5.75 Å². The first-order valence-corrected chi connectivity index (χ1v) is 12.1. The molecule has 10 heteroatoms. The number of rotatable bonds is 6. The minimum Gasteiger partial charge on any atom is -0.490 e. The number of carbonyl (C=O) groups is 3. The van der Waals surface area contributed by atoms with Crippen LogP contribution in [0.15, 0.2) is 36.9 Å². The molecule has 0 saturated carbocycles. The number of hydrogen-bond donors (Lipinski definition) is 1. The molecule has 1 aromatic carbocycles. The van der Waals surface area contributed by atoms with Crippen LogP contribution in [0.5, 0.6) is 5.75 Å². The van der Waals surface area contributed by atoms with Crippen LogP contribution in [0.25, 0.3) is 0 Å². The Morgan fingerprint density at radius 1 is 0.946 bits per heavy atom. The molecule has 0 spiro atoms. The van der Waals surface area contributed by atoms with Gasteiger partial charge in [0.1, 0.15) is 29.6 Å². The maximum absolute atomic E-state index is 13.7. The zero-order valence-electron chi connectivity index (χ0n) is 23.3. The molecule has 1 aliphatic rings. The van der Waals surface area contributed by atoms with E-state index in [2.05, 4.69) is 6.58 Å². The lowest BCUT2D eigenvalue weighted by molar-refractivity contribution is -0.355. The molecule has 0 bridgehead atoms. The molecule has 37 heavy (non-hydrogen) atoms. The van der Waals surface area contributed by atoms with Crippen molar-refractivity contribution < 1.29 is 38.4 Å². The molecular weight excluding hydrogens is 480 g/mol. The van der Waals surface area contributed by atoms with Crippen molar-refractivity contribution in [2.24, 2.45) is 0 Å². The molecule has 1 fully saturated rings. The van der Waals surface area contributed by atoms with Gasteiger partial charge >= 0.3 is 18.2 Å². The molecule has 1 heterocycles. The van der Waals surface area contributed by atoms with Crippen LogP contribution >= 0.6 is 0 Å². The zero-order chi connectivity index (χ0) is 28.4. The number of benzene rings is 1. The van der Waals surface area contributed by atoms with E-state index in [0.29, 0.717) is 22.8 Å². The van der Waals surface area contributed by atoms with Gasteiger partial charge in [-0.25, -0.2) is 14.5 Å². The van der Waals surface area contributed by atoms with E-state index in [-0.39, 0.29) is 6.42 Å². The summed E-state index contributed by atoms with van der Waals surface area (Å²) in [5.74, 6) is -0.285. The molecule has 0 radical (unpaired) electrons. The first-order chi connectivity index (χ1) is 16.8. The van der Waals surface area contributed by atoms with E-state index in [1.165, 1.54) is 0 Å². The van der Waals surface area contributed by atoms with Crippen molar-refractivity contribution in [2.45, 2.75) is 97.6 Å². The van der Waals surface area contributed by atoms with Gasteiger partial charge in [-0.1, -0.05) is 24.8 Å². The highest BCUT2D eigenvalue weighted by molar-refractivity contribution is 6.00. The van der Waals surface area contributed by atoms with E-state index >= 15 is 0 Å². The van der Waals surface area contributed by atoms with Crippen molar-refractivity contribution in [1.29, 1.82) is 0 Å². The molecule has 0 aliphatic carbocycles. The molecule has 10 nitrogen and oxygen atoms in total. The van der Waals surface area contributed by atoms with Gasteiger partial charge in [0, 0.05) is 6.42 Å². The summed E-state index contributed by atoms with van der Waals surface area (Å²) in [6.45, 7) is 18.6. The Hall–Kier alpha value is -3.11. The van der Waals surface area contributed by atoms with Crippen LogP contribution in [0.4, 0.5) is 9.59 Å². The Bertz CT molecular complexity index is 1000. The van der Waals surface area contributed by atoms with Gasteiger partial charge < -0.3 is 24.1 Å². The van der Waals surface area contributed by atoms with Gasteiger partial charge in [0.05, 0.1) is 5.60 Å². The van der Waals surface area contributed by atoms with E-state index in [4.69, 9.17) is 18.9 Å². The number of ether oxygens (including phenoxy) is 4. The van der Waals surface area contributed by atoms with Gasteiger partial charge in [0.15, 0.2) is 0 Å². The average Bonchev–Trinajstić information content (AvgIpc) is 2.89. The van der Waals surface area contributed by atoms with Crippen molar-refractivity contribution in [1.82, 2.24) is 9.80 Å². The quantitative estimate of drug-likeness (QED) is 0.428. The van der Waals surface area contributed by atoms with Gasteiger partial charge in [-0.3, -0.25) is 4.79 Å². The number of amides is 3. The normalized spacial score (nSPS) is 20.6. The number of imide groups is 1. The predicted octanol–water partition coefficient (Wildman–Crippen LogP) is 4.60. The molecule has 1 aromatic rings. The summed E-state index contributed by atoms with van der Waals surface area (Å²) in [6, 6.07) is 2.71. The van der Waals surface area contributed by atoms with Gasteiger partial charge in [-0.2, -0.15) is 4.90 Å². The average molecular weight is 521 g/mol. The molecule has 0 aromatic heterocycles. The third-order valence-electron chi connectivity index (χ3n) is 4.75. The van der Waals surface area contributed by atoms with Crippen molar-refractivity contribution in [2.75, 3.05) is 6.61 Å².